The van der Waals surface area contributed by atoms with Gasteiger partial charge in [0.1, 0.15) is 5.75 Å². The average Bonchev–Trinajstić information content (AvgIpc) is 2.09. The highest BCUT2D eigenvalue weighted by Crippen LogP contribution is 2.13. The van der Waals surface area contributed by atoms with Gasteiger partial charge in [-0.25, -0.2) is 0 Å². The second kappa shape index (κ2) is 3.79. The molecule has 0 aliphatic rings. The molecule has 0 atom stereocenters. The molecule has 0 amide bonds. The van der Waals surface area contributed by atoms with Crippen LogP contribution in [-0.2, 0) is 10.1 Å². The largest absolute Gasteiger partial charge is 0.382 e. The van der Waals surface area contributed by atoms with Gasteiger partial charge in [0, 0.05) is 0 Å². The van der Waals surface area contributed by atoms with Gasteiger partial charge in [0.25, 0.3) is 0 Å². The Balaban J connectivity index is 2.82. The van der Waals surface area contributed by atoms with Gasteiger partial charge in [-0.1, -0.05) is 17.7 Å². The van der Waals surface area contributed by atoms with Crippen molar-refractivity contribution in [3.63, 3.8) is 0 Å². The fraction of sp³-hybridized carbons (Fsp3) is 0.333. The summed E-state index contributed by atoms with van der Waals surface area (Å²) >= 11 is 0. The molecule has 0 saturated carbocycles. The lowest BCUT2D eigenvalue weighted by Gasteiger charge is -2.04. The van der Waals surface area contributed by atoms with Crippen molar-refractivity contribution < 1.29 is 12.6 Å². The molecule has 13 heavy (non-hydrogen) atoms. The summed E-state index contributed by atoms with van der Waals surface area (Å²) in [6.07, 6.45) is 0. The van der Waals surface area contributed by atoms with Gasteiger partial charge in [-0.15, -0.1) is 0 Å². The molecule has 1 aromatic carbocycles. The number of aryl methyl sites for hydroxylation is 1. The quantitative estimate of drug-likeness (QED) is 0.698. The molecule has 0 aromatic heterocycles. The molecule has 0 spiro atoms. The zero-order valence-electron chi connectivity index (χ0n) is 7.65. The fourth-order valence-electron chi connectivity index (χ4n) is 0.799. The predicted molar refractivity (Wildman–Crippen MR) is 51.3 cm³/mol. The highest BCUT2D eigenvalue weighted by Gasteiger charge is 2.07. The van der Waals surface area contributed by atoms with Crippen LogP contribution in [-0.4, -0.2) is 14.2 Å². The number of rotatable bonds is 3. The van der Waals surface area contributed by atoms with Gasteiger partial charge in [0.2, 0.25) is 0 Å². The van der Waals surface area contributed by atoms with Gasteiger partial charge < -0.3 is 4.18 Å². The molecule has 0 heterocycles. The number of hydrogen-bond acceptors (Lipinski definition) is 3. The van der Waals surface area contributed by atoms with Crippen LogP contribution in [0.3, 0.4) is 0 Å². The molecule has 3 nitrogen and oxygen atoms in total. The third-order valence-electron chi connectivity index (χ3n) is 1.60. The molecule has 4 heteroatoms. The van der Waals surface area contributed by atoms with E-state index in [1.54, 1.807) is 31.2 Å². The predicted octanol–water partition coefficient (Wildman–Crippen LogP) is 1.72. The van der Waals surface area contributed by atoms with Crippen molar-refractivity contribution in [1.29, 1.82) is 0 Å². The van der Waals surface area contributed by atoms with Crippen LogP contribution in [0.5, 0.6) is 5.75 Å². The van der Waals surface area contributed by atoms with E-state index in [0.29, 0.717) is 5.75 Å². The molecule has 0 aliphatic carbocycles. The van der Waals surface area contributed by atoms with E-state index in [1.165, 1.54) is 0 Å². The minimum atomic E-state index is -3.39. The van der Waals surface area contributed by atoms with Gasteiger partial charge in [-0.3, -0.25) is 0 Å². The molecule has 1 aromatic rings. The van der Waals surface area contributed by atoms with E-state index in [0.717, 1.165) is 5.56 Å². The fourth-order valence-corrected chi connectivity index (χ4v) is 1.32. The normalized spacial score (nSPS) is 11.2. The molecule has 0 bridgehead atoms. The molecule has 0 aliphatic heterocycles. The highest BCUT2D eigenvalue weighted by atomic mass is 32.2. The van der Waals surface area contributed by atoms with Crippen LogP contribution in [0.4, 0.5) is 0 Å². The molecule has 72 valence electrons. The van der Waals surface area contributed by atoms with Crippen LogP contribution in [0, 0.1) is 6.92 Å². The monoisotopic (exact) mass is 200 g/mol. The van der Waals surface area contributed by atoms with Gasteiger partial charge >= 0.3 is 10.1 Å². The maximum Gasteiger partial charge on any atom is 0.308 e. The van der Waals surface area contributed by atoms with Crippen LogP contribution in [0.15, 0.2) is 24.3 Å². The van der Waals surface area contributed by atoms with E-state index in [-0.39, 0.29) is 5.75 Å². The molecule has 0 radical (unpaired) electrons. The summed E-state index contributed by atoms with van der Waals surface area (Å²) in [5.41, 5.74) is 1.07. The Hall–Kier alpha value is -1.03. The highest BCUT2D eigenvalue weighted by molar-refractivity contribution is 7.87. The van der Waals surface area contributed by atoms with Crippen LogP contribution < -0.4 is 4.18 Å². The molecule has 0 saturated heterocycles. The number of benzene rings is 1. The van der Waals surface area contributed by atoms with Gasteiger partial charge in [0.05, 0.1) is 5.75 Å². The van der Waals surface area contributed by atoms with Crippen molar-refractivity contribution in [2.75, 3.05) is 5.75 Å². The van der Waals surface area contributed by atoms with Crippen molar-refractivity contribution in [2.45, 2.75) is 13.8 Å². The summed E-state index contributed by atoms with van der Waals surface area (Å²) in [6.45, 7) is 3.47. The Morgan fingerprint density at radius 2 is 1.77 bits per heavy atom. The molecular formula is C9H12O3S. The maximum atomic E-state index is 11.0. The van der Waals surface area contributed by atoms with Crippen LogP contribution >= 0.6 is 0 Å². The van der Waals surface area contributed by atoms with Crippen molar-refractivity contribution in [3.8, 4) is 5.75 Å². The summed E-state index contributed by atoms with van der Waals surface area (Å²) in [5.74, 6) is 0.355. The Morgan fingerprint density at radius 1 is 1.23 bits per heavy atom. The second-order valence-corrected chi connectivity index (χ2v) is 4.60. The summed E-state index contributed by atoms with van der Waals surface area (Å²) in [5, 5.41) is 0. The van der Waals surface area contributed by atoms with Crippen molar-refractivity contribution in [1.82, 2.24) is 0 Å². The molecule has 0 fully saturated rings. The van der Waals surface area contributed by atoms with E-state index < -0.39 is 10.1 Å². The van der Waals surface area contributed by atoms with Gasteiger partial charge in [0.15, 0.2) is 0 Å². The smallest absolute Gasteiger partial charge is 0.308 e. The summed E-state index contributed by atoms with van der Waals surface area (Å²) in [6, 6.07) is 6.89. The minimum Gasteiger partial charge on any atom is -0.382 e. The summed E-state index contributed by atoms with van der Waals surface area (Å²) in [4.78, 5) is 0. The van der Waals surface area contributed by atoms with Crippen molar-refractivity contribution >= 4 is 10.1 Å². The molecule has 1 rings (SSSR count). The summed E-state index contributed by atoms with van der Waals surface area (Å²) in [7, 11) is -3.39. The van der Waals surface area contributed by atoms with Gasteiger partial charge in [-0.05, 0) is 26.0 Å². The molecule has 0 N–H and O–H groups in total. The minimum absolute atomic E-state index is 0.0130. The maximum absolute atomic E-state index is 11.0. The first-order chi connectivity index (χ1) is 6.03. The Kier molecular flexibility index (Phi) is 2.93. The van der Waals surface area contributed by atoms with E-state index >= 15 is 0 Å². The van der Waals surface area contributed by atoms with Crippen LogP contribution in [0.25, 0.3) is 0 Å². The zero-order valence-corrected chi connectivity index (χ0v) is 8.47. The van der Waals surface area contributed by atoms with E-state index in [1.807, 2.05) is 6.92 Å². The van der Waals surface area contributed by atoms with Crippen LogP contribution in [0.1, 0.15) is 12.5 Å². The zero-order chi connectivity index (χ0) is 9.90. The Morgan fingerprint density at radius 3 is 2.23 bits per heavy atom. The van der Waals surface area contributed by atoms with Crippen molar-refractivity contribution in [2.24, 2.45) is 0 Å². The summed E-state index contributed by atoms with van der Waals surface area (Å²) < 4.78 is 26.8. The lowest BCUT2D eigenvalue weighted by atomic mass is 10.2. The Bertz CT molecular complexity index is 364. The first kappa shape index (κ1) is 10.1. The standard InChI is InChI=1S/C9H12O3S/c1-3-13(10,11)12-9-6-4-8(2)5-7-9/h4-7H,3H2,1-2H3. The lowest BCUT2D eigenvalue weighted by Crippen LogP contribution is -2.11. The Labute approximate surface area is 78.5 Å². The van der Waals surface area contributed by atoms with E-state index in [2.05, 4.69) is 0 Å². The van der Waals surface area contributed by atoms with E-state index in [9.17, 15) is 8.42 Å². The first-order valence-electron chi connectivity index (χ1n) is 4.02. The van der Waals surface area contributed by atoms with Crippen LogP contribution in [0.2, 0.25) is 0 Å². The molecular weight excluding hydrogens is 188 g/mol. The van der Waals surface area contributed by atoms with Crippen molar-refractivity contribution in [3.05, 3.63) is 29.8 Å². The third kappa shape index (κ3) is 3.06. The van der Waals surface area contributed by atoms with E-state index in [4.69, 9.17) is 4.18 Å². The topological polar surface area (TPSA) is 43.4 Å². The third-order valence-corrected chi connectivity index (χ3v) is 2.75. The average molecular weight is 200 g/mol. The second-order valence-electron chi connectivity index (χ2n) is 2.74. The SMILES string of the molecule is CCS(=O)(=O)Oc1ccc(C)cc1. The number of hydrogen-bond donors (Lipinski definition) is 0. The lowest BCUT2D eigenvalue weighted by molar-refractivity contribution is 0.487. The molecule has 0 unspecified atom stereocenters. The van der Waals surface area contributed by atoms with Gasteiger partial charge in [-0.2, -0.15) is 8.42 Å². The first-order valence-corrected chi connectivity index (χ1v) is 5.60.